The van der Waals surface area contributed by atoms with Crippen LogP contribution in [0.2, 0.25) is 10.0 Å². The molecule has 1 unspecified atom stereocenters. The monoisotopic (exact) mass is 592 g/mol. The lowest BCUT2D eigenvalue weighted by atomic mass is 9.89. The molecule has 41 heavy (non-hydrogen) atoms. The standard InChI is InChI=1S/C35H38Cl2O4/c1-24-20-32(36)35(33(37)21-24)41-19-18-39-29-13-10-27(11-14-29)22-25(2)30-15-12-28(23-26(30)3)31-8-5-6-9-34(31)40-17-7-16-38-4/h5-6,8-15,20-21,23,25H,7,16-19,22H2,1-4H3. The molecule has 0 radical (unpaired) electrons. The first-order valence-electron chi connectivity index (χ1n) is 14.0. The van der Waals surface area contributed by atoms with Gasteiger partial charge < -0.3 is 18.9 Å². The zero-order chi connectivity index (χ0) is 29.2. The molecule has 0 aliphatic rings. The van der Waals surface area contributed by atoms with Gasteiger partial charge in [0.25, 0.3) is 0 Å². The molecule has 0 amide bonds. The number of hydrogen-bond donors (Lipinski definition) is 0. The van der Waals surface area contributed by atoms with Crippen molar-refractivity contribution in [2.45, 2.75) is 39.5 Å². The van der Waals surface area contributed by atoms with Crippen molar-refractivity contribution in [3.63, 3.8) is 0 Å². The van der Waals surface area contributed by atoms with Crippen LogP contribution in [0.5, 0.6) is 17.2 Å². The second-order valence-electron chi connectivity index (χ2n) is 10.3. The molecule has 0 N–H and O–H groups in total. The number of ether oxygens (including phenoxy) is 4. The van der Waals surface area contributed by atoms with Gasteiger partial charge in [-0.15, -0.1) is 0 Å². The molecule has 0 aliphatic heterocycles. The van der Waals surface area contributed by atoms with Crippen LogP contribution in [0.1, 0.15) is 41.5 Å². The maximum Gasteiger partial charge on any atom is 0.156 e. The van der Waals surface area contributed by atoms with E-state index >= 15 is 0 Å². The fourth-order valence-electron chi connectivity index (χ4n) is 4.93. The molecule has 4 rings (SSSR count). The third-order valence-electron chi connectivity index (χ3n) is 6.96. The first-order valence-corrected chi connectivity index (χ1v) is 14.7. The molecule has 0 spiro atoms. The van der Waals surface area contributed by atoms with Crippen LogP contribution in [-0.2, 0) is 11.2 Å². The number of methoxy groups -OCH3 is 1. The molecule has 0 saturated carbocycles. The second kappa shape index (κ2) is 15.2. The summed E-state index contributed by atoms with van der Waals surface area (Å²) in [6.45, 7) is 8.47. The molecule has 4 aromatic rings. The minimum atomic E-state index is 0.348. The van der Waals surface area contributed by atoms with E-state index in [9.17, 15) is 0 Å². The van der Waals surface area contributed by atoms with Crippen molar-refractivity contribution in [1.82, 2.24) is 0 Å². The van der Waals surface area contributed by atoms with E-state index in [4.69, 9.17) is 42.1 Å². The van der Waals surface area contributed by atoms with E-state index in [0.717, 1.165) is 41.0 Å². The van der Waals surface area contributed by atoms with Crippen molar-refractivity contribution in [2.24, 2.45) is 0 Å². The van der Waals surface area contributed by atoms with E-state index in [0.29, 0.717) is 48.1 Å². The third-order valence-corrected chi connectivity index (χ3v) is 7.52. The first-order chi connectivity index (χ1) is 19.9. The van der Waals surface area contributed by atoms with Gasteiger partial charge in [0.15, 0.2) is 5.75 Å². The SMILES string of the molecule is COCCCOc1ccccc1-c1ccc(C(C)Cc2ccc(OCCOc3c(Cl)cc(C)cc3Cl)cc2)c(C)c1. The van der Waals surface area contributed by atoms with Gasteiger partial charge in [-0.3, -0.25) is 0 Å². The number of para-hydroxylation sites is 1. The second-order valence-corrected chi connectivity index (χ2v) is 11.1. The number of halogens is 2. The Bertz CT molecular complexity index is 1400. The summed E-state index contributed by atoms with van der Waals surface area (Å²) in [7, 11) is 1.71. The quantitative estimate of drug-likeness (QED) is 0.137. The van der Waals surface area contributed by atoms with E-state index in [1.165, 1.54) is 16.7 Å². The summed E-state index contributed by atoms with van der Waals surface area (Å²) in [6.07, 6.45) is 1.80. The van der Waals surface area contributed by atoms with Crippen LogP contribution >= 0.6 is 23.2 Å². The molecule has 4 aromatic carbocycles. The van der Waals surface area contributed by atoms with Crippen molar-refractivity contribution in [2.75, 3.05) is 33.5 Å². The van der Waals surface area contributed by atoms with E-state index in [2.05, 4.69) is 56.3 Å². The number of rotatable bonds is 14. The Hall–Kier alpha value is -3.18. The van der Waals surface area contributed by atoms with Gasteiger partial charge in [-0.25, -0.2) is 0 Å². The molecule has 6 heteroatoms. The smallest absolute Gasteiger partial charge is 0.156 e. The highest BCUT2D eigenvalue weighted by Crippen LogP contribution is 2.35. The van der Waals surface area contributed by atoms with Gasteiger partial charge in [0.2, 0.25) is 0 Å². The maximum absolute atomic E-state index is 6.25. The Balaban J connectivity index is 1.31. The summed E-state index contributed by atoms with van der Waals surface area (Å²) in [6, 6.07) is 26.9. The van der Waals surface area contributed by atoms with Crippen molar-refractivity contribution < 1.29 is 18.9 Å². The van der Waals surface area contributed by atoms with Crippen LogP contribution in [0, 0.1) is 13.8 Å². The van der Waals surface area contributed by atoms with Crippen LogP contribution < -0.4 is 14.2 Å². The molecule has 216 valence electrons. The summed E-state index contributed by atoms with van der Waals surface area (Å²) in [5, 5.41) is 1.01. The van der Waals surface area contributed by atoms with Crippen LogP contribution in [-0.4, -0.2) is 33.5 Å². The molecular weight excluding hydrogens is 555 g/mol. The topological polar surface area (TPSA) is 36.9 Å². The van der Waals surface area contributed by atoms with Crippen LogP contribution in [0.4, 0.5) is 0 Å². The maximum atomic E-state index is 6.25. The van der Waals surface area contributed by atoms with Gasteiger partial charge in [0, 0.05) is 25.7 Å². The molecule has 0 aromatic heterocycles. The molecule has 0 heterocycles. The van der Waals surface area contributed by atoms with E-state index in [1.54, 1.807) is 7.11 Å². The minimum Gasteiger partial charge on any atom is -0.493 e. The van der Waals surface area contributed by atoms with Gasteiger partial charge >= 0.3 is 0 Å². The van der Waals surface area contributed by atoms with Gasteiger partial charge in [0.05, 0.1) is 16.7 Å². The largest absolute Gasteiger partial charge is 0.493 e. The summed E-state index contributed by atoms with van der Waals surface area (Å²) in [5.74, 6) is 2.56. The number of hydrogen-bond acceptors (Lipinski definition) is 4. The number of benzene rings is 4. The van der Waals surface area contributed by atoms with Crippen LogP contribution in [0.15, 0.2) is 78.9 Å². The molecular formula is C35H38Cl2O4. The van der Waals surface area contributed by atoms with E-state index in [1.807, 2.05) is 43.3 Å². The fraction of sp³-hybridized carbons (Fsp3) is 0.314. The first kappa shape index (κ1) is 30.8. The Kier molecular flexibility index (Phi) is 11.4. The Morgan fingerprint density at radius 3 is 2.15 bits per heavy atom. The van der Waals surface area contributed by atoms with Crippen molar-refractivity contribution in [1.29, 1.82) is 0 Å². The molecule has 1 atom stereocenters. The zero-order valence-corrected chi connectivity index (χ0v) is 25.7. The third kappa shape index (κ3) is 8.65. The summed E-state index contributed by atoms with van der Waals surface area (Å²) < 4.78 is 22.8. The Morgan fingerprint density at radius 1 is 0.732 bits per heavy atom. The Morgan fingerprint density at radius 2 is 1.44 bits per heavy atom. The fourth-order valence-corrected chi connectivity index (χ4v) is 5.63. The molecule has 0 saturated heterocycles. The van der Waals surface area contributed by atoms with Gasteiger partial charge in [-0.2, -0.15) is 0 Å². The van der Waals surface area contributed by atoms with Crippen LogP contribution in [0.3, 0.4) is 0 Å². The van der Waals surface area contributed by atoms with Crippen molar-refractivity contribution in [3.05, 3.63) is 111 Å². The number of aryl methyl sites for hydroxylation is 2. The predicted molar refractivity (Wildman–Crippen MR) is 169 cm³/mol. The molecule has 0 aliphatic carbocycles. The van der Waals surface area contributed by atoms with E-state index in [-0.39, 0.29) is 0 Å². The summed E-state index contributed by atoms with van der Waals surface area (Å²) >= 11 is 12.5. The highest BCUT2D eigenvalue weighted by atomic mass is 35.5. The van der Waals surface area contributed by atoms with Crippen LogP contribution in [0.25, 0.3) is 11.1 Å². The molecule has 0 fully saturated rings. The lowest BCUT2D eigenvalue weighted by molar-refractivity contribution is 0.172. The average Bonchev–Trinajstić information content (AvgIpc) is 2.95. The summed E-state index contributed by atoms with van der Waals surface area (Å²) in [5.41, 5.74) is 7.15. The van der Waals surface area contributed by atoms with Crippen molar-refractivity contribution in [3.8, 4) is 28.4 Å². The van der Waals surface area contributed by atoms with E-state index < -0.39 is 0 Å². The van der Waals surface area contributed by atoms with Gasteiger partial charge in [-0.1, -0.05) is 78.7 Å². The minimum absolute atomic E-state index is 0.348. The summed E-state index contributed by atoms with van der Waals surface area (Å²) in [4.78, 5) is 0. The van der Waals surface area contributed by atoms with Gasteiger partial charge in [-0.05, 0) is 84.3 Å². The lowest BCUT2D eigenvalue weighted by Crippen LogP contribution is -2.09. The lowest BCUT2D eigenvalue weighted by Gasteiger charge is -2.18. The Labute approximate surface area is 254 Å². The highest BCUT2D eigenvalue weighted by molar-refractivity contribution is 6.37. The van der Waals surface area contributed by atoms with Gasteiger partial charge in [0.1, 0.15) is 24.7 Å². The molecule has 0 bridgehead atoms. The average molecular weight is 594 g/mol. The van der Waals surface area contributed by atoms with Crippen molar-refractivity contribution >= 4 is 23.2 Å². The predicted octanol–water partition coefficient (Wildman–Crippen LogP) is 9.50. The zero-order valence-electron chi connectivity index (χ0n) is 24.2. The highest BCUT2D eigenvalue weighted by Gasteiger charge is 2.13. The normalized spacial score (nSPS) is 11.8. The molecule has 4 nitrogen and oxygen atoms in total.